The Labute approximate surface area is 133 Å². The second-order valence-electron chi connectivity index (χ2n) is 7.07. The molecule has 1 aromatic rings. The molecule has 0 amide bonds. The third-order valence-electron chi connectivity index (χ3n) is 4.76. The predicted octanol–water partition coefficient (Wildman–Crippen LogP) is 5.04. The van der Waals surface area contributed by atoms with E-state index in [1.165, 1.54) is 32.1 Å². The van der Waals surface area contributed by atoms with Gasteiger partial charge in [0.15, 0.2) is 0 Å². The van der Waals surface area contributed by atoms with Gasteiger partial charge in [-0.2, -0.15) is 0 Å². The summed E-state index contributed by atoms with van der Waals surface area (Å²) in [5.74, 6) is 0. The highest BCUT2D eigenvalue weighted by Gasteiger charge is 2.42. The Morgan fingerprint density at radius 3 is 2.52 bits per heavy atom. The predicted molar refractivity (Wildman–Crippen MR) is 88.9 cm³/mol. The number of nitrogens with zero attached hydrogens (tertiary/aromatic N) is 1. The summed E-state index contributed by atoms with van der Waals surface area (Å²) in [6.45, 7) is 7.39. The minimum Gasteiger partial charge on any atom is -0.378 e. The van der Waals surface area contributed by atoms with Crippen LogP contribution in [0.4, 0.5) is 5.69 Å². The van der Waals surface area contributed by atoms with Crippen molar-refractivity contribution in [2.45, 2.75) is 65.0 Å². The van der Waals surface area contributed by atoms with Gasteiger partial charge in [0.05, 0.1) is 23.0 Å². The molecule has 0 unspecified atom stereocenters. The molecule has 0 aliphatic heterocycles. The highest BCUT2D eigenvalue weighted by atomic mass is 35.5. The average molecular weight is 311 g/mol. The molecule has 4 heteroatoms. The smallest absolute Gasteiger partial charge is 0.0900 e. The zero-order valence-electron chi connectivity index (χ0n) is 13.6. The molecule has 1 aliphatic carbocycles. The summed E-state index contributed by atoms with van der Waals surface area (Å²) in [7, 11) is 1.66. The third-order valence-corrected chi connectivity index (χ3v) is 5.18. The summed E-state index contributed by atoms with van der Waals surface area (Å²) in [5.41, 5.74) is 2.06. The quantitative estimate of drug-likeness (QED) is 0.845. The molecule has 1 N–H and O–H groups in total. The maximum absolute atomic E-state index is 6.51. The standard InChI is InChI=1S/C17H27ClN2O/c1-16(2,3)17(9-6-5-7-10-17)20-13-8-11-19-14(12-21-4)15(13)18/h8,11H,5-7,9-10,12H2,1-4H3,(H,19,20). The van der Waals surface area contributed by atoms with Crippen LogP contribution < -0.4 is 5.32 Å². The zero-order chi connectivity index (χ0) is 15.5. The molecule has 3 nitrogen and oxygen atoms in total. The van der Waals surface area contributed by atoms with Gasteiger partial charge in [0.2, 0.25) is 0 Å². The Balaban J connectivity index is 2.31. The van der Waals surface area contributed by atoms with E-state index in [2.05, 4.69) is 31.1 Å². The van der Waals surface area contributed by atoms with E-state index in [1.54, 1.807) is 7.11 Å². The van der Waals surface area contributed by atoms with E-state index >= 15 is 0 Å². The normalized spacial score (nSPS) is 18.5. The monoisotopic (exact) mass is 310 g/mol. The van der Waals surface area contributed by atoms with E-state index in [4.69, 9.17) is 16.3 Å². The maximum Gasteiger partial charge on any atom is 0.0900 e. The lowest BCUT2D eigenvalue weighted by Gasteiger charge is -2.49. The second-order valence-corrected chi connectivity index (χ2v) is 7.45. The van der Waals surface area contributed by atoms with Crippen molar-refractivity contribution in [2.24, 2.45) is 5.41 Å². The van der Waals surface area contributed by atoms with Crippen LogP contribution in [0.5, 0.6) is 0 Å². The number of hydrogen-bond acceptors (Lipinski definition) is 3. The molecule has 118 valence electrons. The van der Waals surface area contributed by atoms with Crippen molar-refractivity contribution in [3.8, 4) is 0 Å². The number of aromatic nitrogens is 1. The van der Waals surface area contributed by atoms with E-state index in [0.29, 0.717) is 11.6 Å². The van der Waals surface area contributed by atoms with E-state index < -0.39 is 0 Å². The van der Waals surface area contributed by atoms with Gasteiger partial charge in [-0.3, -0.25) is 4.98 Å². The number of pyridine rings is 1. The van der Waals surface area contributed by atoms with Crippen LogP contribution in [-0.4, -0.2) is 17.6 Å². The Hall–Kier alpha value is -0.800. The van der Waals surface area contributed by atoms with Gasteiger partial charge >= 0.3 is 0 Å². The minimum absolute atomic E-state index is 0.0978. The number of nitrogens with one attached hydrogen (secondary N) is 1. The van der Waals surface area contributed by atoms with Crippen LogP contribution in [0.2, 0.25) is 5.02 Å². The second kappa shape index (κ2) is 6.53. The number of methoxy groups -OCH3 is 1. The van der Waals surface area contributed by atoms with Crippen LogP contribution in [0.15, 0.2) is 12.3 Å². The highest BCUT2D eigenvalue weighted by molar-refractivity contribution is 6.33. The number of hydrogen-bond donors (Lipinski definition) is 1. The van der Waals surface area contributed by atoms with Gasteiger partial charge in [0, 0.05) is 18.8 Å². The van der Waals surface area contributed by atoms with E-state index in [0.717, 1.165) is 11.4 Å². The lowest BCUT2D eigenvalue weighted by Crippen LogP contribution is -2.51. The summed E-state index contributed by atoms with van der Waals surface area (Å²) in [6, 6.07) is 1.98. The Morgan fingerprint density at radius 2 is 1.95 bits per heavy atom. The summed E-state index contributed by atoms with van der Waals surface area (Å²) in [4.78, 5) is 4.31. The molecule has 0 radical (unpaired) electrons. The van der Waals surface area contributed by atoms with Crippen molar-refractivity contribution in [3.63, 3.8) is 0 Å². The van der Waals surface area contributed by atoms with Gasteiger partial charge in [-0.15, -0.1) is 0 Å². The van der Waals surface area contributed by atoms with Crippen molar-refractivity contribution < 1.29 is 4.74 Å². The van der Waals surface area contributed by atoms with Crippen molar-refractivity contribution in [2.75, 3.05) is 12.4 Å². The number of halogens is 1. The van der Waals surface area contributed by atoms with Gasteiger partial charge in [-0.25, -0.2) is 0 Å². The number of rotatable bonds is 4. The van der Waals surface area contributed by atoms with Crippen LogP contribution in [0.3, 0.4) is 0 Å². The third kappa shape index (κ3) is 3.51. The molecule has 0 saturated heterocycles. The first kappa shape index (κ1) is 16.6. The van der Waals surface area contributed by atoms with Crippen molar-refractivity contribution in [1.29, 1.82) is 0 Å². The fourth-order valence-corrected chi connectivity index (χ4v) is 3.51. The van der Waals surface area contributed by atoms with Crippen molar-refractivity contribution >= 4 is 17.3 Å². The fourth-order valence-electron chi connectivity index (χ4n) is 3.30. The molecule has 1 heterocycles. The van der Waals surface area contributed by atoms with E-state index in [-0.39, 0.29) is 11.0 Å². The SMILES string of the molecule is COCc1nccc(NC2(C(C)(C)C)CCCCC2)c1Cl. The molecule has 0 atom stereocenters. The average Bonchev–Trinajstić information content (AvgIpc) is 2.43. The zero-order valence-corrected chi connectivity index (χ0v) is 14.4. The number of anilines is 1. The molecule has 21 heavy (non-hydrogen) atoms. The topological polar surface area (TPSA) is 34.1 Å². The van der Waals surface area contributed by atoms with Gasteiger partial charge in [-0.1, -0.05) is 51.6 Å². The fraction of sp³-hybridized carbons (Fsp3) is 0.706. The minimum atomic E-state index is 0.0978. The molecule has 0 aromatic carbocycles. The Bertz CT molecular complexity index is 476. The molecular formula is C17H27ClN2O. The van der Waals surface area contributed by atoms with Crippen LogP contribution >= 0.6 is 11.6 Å². The van der Waals surface area contributed by atoms with Gasteiger partial charge in [0.1, 0.15) is 0 Å². The van der Waals surface area contributed by atoms with E-state index in [1.807, 2.05) is 12.3 Å². The molecule has 1 aliphatic rings. The lowest BCUT2D eigenvalue weighted by molar-refractivity contribution is 0.155. The summed E-state index contributed by atoms with van der Waals surface area (Å²) >= 11 is 6.51. The van der Waals surface area contributed by atoms with Gasteiger partial charge in [0.25, 0.3) is 0 Å². The molecule has 2 rings (SSSR count). The van der Waals surface area contributed by atoms with Crippen LogP contribution in [0.25, 0.3) is 0 Å². The Kier molecular flexibility index (Phi) is 5.15. The molecule has 0 spiro atoms. The summed E-state index contributed by atoms with van der Waals surface area (Å²) in [6.07, 6.45) is 8.07. The van der Waals surface area contributed by atoms with Crippen LogP contribution in [0.1, 0.15) is 58.6 Å². The maximum atomic E-state index is 6.51. The van der Waals surface area contributed by atoms with Gasteiger partial charge in [-0.05, 0) is 24.3 Å². The summed E-state index contributed by atoms with van der Waals surface area (Å²) < 4.78 is 5.17. The molecule has 1 aromatic heterocycles. The van der Waals surface area contributed by atoms with Crippen molar-refractivity contribution in [3.05, 3.63) is 23.0 Å². The molecular weight excluding hydrogens is 284 g/mol. The molecule has 1 fully saturated rings. The molecule has 0 bridgehead atoms. The van der Waals surface area contributed by atoms with Crippen LogP contribution in [0, 0.1) is 5.41 Å². The largest absolute Gasteiger partial charge is 0.378 e. The molecule has 1 saturated carbocycles. The first-order valence-electron chi connectivity index (χ1n) is 7.80. The van der Waals surface area contributed by atoms with Crippen LogP contribution in [-0.2, 0) is 11.3 Å². The first-order chi connectivity index (χ1) is 9.89. The first-order valence-corrected chi connectivity index (χ1v) is 8.18. The number of ether oxygens (including phenoxy) is 1. The highest BCUT2D eigenvalue weighted by Crippen LogP contribution is 2.45. The van der Waals surface area contributed by atoms with E-state index in [9.17, 15) is 0 Å². The summed E-state index contributed by atoms with van der Waals surface area (Å²) in [5, 5.41) is 4.46. The Morgan fingerprint density at radius 1 is 1.29 bits per heavy atom. The lowest BCUT2D eigenvalue weighted by atomic mass is 9.65. The van der Waals surface area contributed by atoms with Gasteiger partial charge < -0.3 is 10.1 Å². The van der Waals surface area contributed by atoms with Crippen molar-refractivity contribution in [1.82, 2.24) is 4.98 Å².